The van der Waals surface area contributed by atoms with Crippen molar-refractivity contribution in [3.8, 4) is 0 Å². The Morgan fingerprint density at radius 2 is 2.15 bits per heavy atom. The smallest absolute Gasteiger partial charge is 0.193 e. The molecule has 1 saturated heterocycles. The van der Waals surface area contributed by atoms with E-state index in [-0.39, 0.29) is 24.0 Å². The minimum atomic E-state index is 0. The third-order valence-electron chi connectivity index (χ3n) is 3.70. The summed E-state index contributed by atoms with van der Waals surface area (Å²) in [5.41, 5.74) is 0. The fourth-order valence-electron chi connectivity index (χ4n) is 2.43. The van der Waals surface area contributed by atoms with E-state index in [1.807, 2.05) is 30.2 Å². The molecule has 0 aromatic carbocycles. The summed E-state index contributed by atoms with van der Waals surface area (Å²) in [6, 6.07) is 1.96. The van der Waals surface area contributed by atoms with E-state index in [2.05, 4.69) is 27.2 Å². The lowest BCUT2D eigenvalue weighted by Crippen LogP contribution is -2.45. The number of aromatic nitrogens is 2. The first-order valence-electron chi connectivity index (χ1n) is 7.22. The van der Waals surface area contributed by atoms with Crippen molar-refractivity contribution in [3.63, 3.8) is 0 Å². The highest BCUT2D eigenvalue weighted by Gasteiger charge is 2.17. The number of aryl methyl sites for hydroxylation is 1. The molecule has 2 rings (SSSR count). The summed E-state index contributed by atoms with van der Waals surface area (Å²) in [7, 11) is 1.87. The Hall–Kier alpha value is -0.790. The van der Waals surface area contributed by atoms with E-state index in [4.69, 9.17) is 0 Å². The Morgan fingerprint density at radius 1 is 1.40 bits per heavy atom. The van der Waals surface area contributed by atoms with Gasteiger partial charge in [-0.05, 0) is 31.2 Å². The molecule has 0 atom stereocenters. The number of aliphatic imine (C=N–C) groups is 1. The molecule has 1 aromatic rings. The first kappa shape index (κ1) is 17.3. The summed E-state index contributed by atoms with van der Waals surface area (Å²) in [6.45, 7) is 6.48. The molecule has 0 bridgehead atoms. The fraction of sp³-hybridized carbons (Fsp3) is 0.714. The number of likely N-dealkylation sites (tertiary alicyclic amines) is 1. The van der Waals surface area contributed by atoms with Crippen molar-refractivity contribution in [3.05, 3.63) is 18.5 Å². The topological polar surface area (TPSA) is 45.5 Å². The molecule has 0 spiro atoms. The molecular formula is C14H26IN5. The predicted molar refractivity (Wildman–Crippen MR) is 93.6 cm³/mol. The number of rotatable bonds is 4. The fourth-order valence-corrected chi connectivity index (χ4v) is 2.43. The molecule has 114 valence electrons. The van der Waals surface area contributed by atoms with Gasteiger partial charge in [0.2, 0.25) is 0 Å². The number of hydrogen-bond acceptors (Lipinski definition) is 2. The molecular weight excluding hydrogens is 365 g/mol. The third kappa shape index (κ3) is 5.30. The SMILES string of the molecule is CN=C(NCCCn1cccn1)N1CCC(C)CC1.I. The van der Waals surface area contributed by atoms with Crippen molar-refractivity contribution < 1.29 is 0 Å². The summed E-state index contributed by atoms with van der Waals surface area (Å²) >= 11 is 0. The van der Waals surface area contributed by atoms with E-state index >= 15 is 0 Å². The highest BCUT2D eigenvalue weighted by atomic mass is 127. The molecule has 5 nitrogen and oxygen atoms in total. The second kappa shape index (κ2) is 9.20. The number of halogens is 1. The van der Waals surface area contributed by atoms with E-state index in [0.29, 0.717) is 0 Å². The van der Waals surface area contributed by atoms with Crippen LogP contribution >= 0.6 is 24.0 Å². The Kier molecular flexibility index (Phi) is 7.94. The van der Waals surface area contributed by atoms with Crippen LogP contribution in [0.3, 0.4) is 0 Å². The Morgan fingerprint density at radius 3 is 2.75 bits per heavy atom. The minimum Gasteiger partial charge on any atom is -0.356 e. The van der Waals surface area contributed by atoms with Crippen molar-refractivity contribution in [2.75, 3.05) is 26.7 Å². The summed E-state index contributed by atoms with van der Waals surface area (Å²) in [5, 5.41) is 7.65. The van der Waals surface area contributed by atoms with Crippen LogP contribution in [0, 0.1) is 5.92 Å². The van der Waals surface area contributed by atoms with Crippen LogP contribution in [-0.4, -0.2) is 47.3 Å². The van der Waals surface area contributed by atoms with Gasteiger partial charge in [0.05, 0.1) is 0 Å². The highest BCUT2D eigenvalue weighted by Crippen LogP contribution is 2.15. The summed E-state index contributed by atoms with van der Waals surface area (Å²) in [4.78, 5) is 6.75. The molecule has 0 aliphatic carbocycles. The molecule has 2 heterocycles. The van der Waals surface area contributed by atoms with Crippen LogP contribution in [0.5, 0.6) is 0 Å². The van der Waals surface area contributed by atoms with E-state index in [0.717, 1.165) is 44.5 Å². The zero-order valence-electron chi connectivity index (χ0n) is 12.5. The first-order valence-corrected chi connectivity index (χ1v) is 7.22. The second-order valence-electron chi connectivity index (χ2n) is 5.27. The first-order chi connectivity index (χ1) is 9.29. The molecule has 1 aromatic heterocycles. The summed E-state index contributed by atoms with van der Waals surface area (Å²) in [5.74, 6) is 1.90. The van der Waals surface area contributed by atoms with E-state index < -0.39 is 0 Å². The molecule has 1 aliphatic rings. The van der Waals surface area contributed by atoms with Gasteiger partial charge in [-0.15, -0.1) is 24.0 Å². The van der Waals surface area contributed by atoms with Gasteiger partial charge in [0, 0.05) is 45.6 Å². The van der Waals surface area contributed by atoms with E-state index in [1.54, 1.807) is 0 Å². The third-order valence-corrected chi connectivity index (χ3v) is 3.70. The van der Waals surface area contributed by atoms with Crippen LogP contribution in [-0.2, 0) is 6.54 Å². The van der Waals surface area contributed by atoms with Gasteiger partial charge in [-0.1, -0.05) is 6.92 Å². The van der Waals surface area contributed by atoms with Crippen LogP contribution < -0.4 is 5.32 Å². The molecule has 1 N–H and O–H groups in total. The lowest BCUT2D eigenvalue weighted by atomic mass is 10.00. The molecule has 1 aliphatic heterocycles. The number of guanidine groups is 1. The molecule has 0 saturated carbocycles. The lowest BCUT2D eigenvalue weighted by Gasteiger charge is -2.32. The maximum Gasteiger partial charge on any atom is 0.193 e. The number of piperidine rings is 1. The van der Waals surface area contributed by atoms with Crippen molar-refractivity contribution in [1.82, 2.24) is 20.0 Å². The van der Waals surface area contributed by atoms with Crippen LogP contribution in [0.1, 0.15) is 26.2 Å². The van der Waals surface area contributed by atoms with E-state index in [9.17, 15) is 0 Å². The molecule has 0 unspecified atom stereocenters. The van der Waals surface area contributed by atoms with Crippen molar-refractivity contribution in [2.24, 2.45) is 10.9 Å². The van der Waals surface area contributed by atoms with Gasteiger partial charge in [-0.2, -0.15) is 5.10 Å². The molecule has 20 heavy (non-hydrogen) atoms. The van der Waals surface area contributed by atoms with Gasteiger partial charge in [0.15, 0.2) is 5.96 Å². The number of nitrogens with one attached hydrogen (secondary N) is 1. The van der Waals surface area contributed by atoms with Crippen molar-refractivity contribution >= 4 is 29.9 Å². The normalized spacial score (nSPS) is 16.9. The van der Waals surface area contributed by atoms with Gasteiger partial charge in [-0.25, -0.2) is 0 Å². The van der Waals surface area contributed by atoms with Gasteiger partial charge in [0.25, 0.3) is 0 Å². The lowest BCUT2D eigenvalue weighted by molar-refractivity contribution is 0.273. The molecule has 6 heteroatoms. The van der Waals surface area contributed by atoms with Crippen LogP contribution in [0.2, 0.25) is 0 Å². The predicted octanol–water partition coefficient (Wildman–Crippen LogP) is 2.20. The molecule has 0 radical (unpaired) electrons. The second-order valence-corrected chi connectivity index (χ2v) is 5.27. The van der Waals surface area contributed by atoms with Gasteiger partial charge < -0.3 is 10.2 Å². The maximum atomic E-state index is 4.38. The Balaban J connectivity index is 0.00000200. The van der Waals surface area contributed by atoms with Crippen molar-refractivity contribution in [1.29, 1.82) is 0 Å². The average molecular weight is 391 g/mol. The summed E-state index contributed by atoms with van der Waals surface area (Å²) < 4.78 is 1.97. The minimum absolute atomic E-state index is 0. The van der Waals surface area contributed by atoms with Gasteiger partial charge >= 0.3 is 0 Å². The van der Waals surface area contributed by atoms with E-state index in [1.165, 1.54) is 12.8 Å². The quantitative estimate of drug-likeness (QED) is 0.371. The van der Waals surface area contributed by atoms with Gasteiger partial charge in [-0.3, -0.25) is 9.67 Å². The van der Waals surface area contributed by atoms with Crippen LogP contribution in [0.15, 0.2) is 23.5 Å². The Labute approximate surface area is 138 Å². The zero-order chi connectivity index (χ0) is 13.5. The van der Waals surface area contributed by atoms with Gasteiger partial charge in [0.1, 0.15) is 0 Å². The standard InChI is InChI=1S/C14H25N5.HI/c1-13-5-11-18(12-6-13)14(15-2)16-7-3-9-19-10-4-8-17-19;/h4,8,10,13H,3,5-7,9,11-12H2,1-2H3,(H,15,16);1H. The maximum absolute atomic E-state index is 4.38. The average Bonchev–Trinajstić information content (AvgIpc) is 2.93. The number of hydrogen-bond donors (Lipinski definition) is 1. The summed E-state index contributed by atoms with van der Waals surface area (Å²) in [6.07, 6.45) is 7.43. The Bertz CT molecular complexity index is 382. The monoisotopic (exact) mass is 391 g/mol. The van der Waals surface area contributed by atoms with Crippen molar-refractivity contribution in [2.45, 2.75) is 32.7 Å². The highest BCUT2D eigenvalue weighted by molar-refractivity contribution is 14.0. The zero-order valence-corrected chi connectivity index (χ0v) is 14.8. The van der Waals surface area contributed by atoms with Crippen LogP contribution in [0.4, 0.5) is 0 Å². The largest absolute Gasteiger partial charge is 0.356 e. The molecule has 0 amide bonds. The molecule has 1 fully saturated rings. The number of nitrogens with zero attached hydrogens (tertiary/aromatic N) is 4. The van der Waals surface area contributed by atoms with Crippen LogP contribution in [0.25, 0.3) is 0 Å².